The molecule has 2 aliphatic heterocycles. The Morgan fingerprint density at radius 3 is 3.21 bits per heavy atom. The fraction of sp³-hybridized carbons (Fsp3) is 0.571. The molecule has 4 nitrogen and oxygen atoms in total. The van der Waals surface area contributed by atoms with Gasteiger partial charge in [-0.25, -0.2) is 9.97 Å². The molecule has 0 amide bonds. The second-order valence-electron chi connectivity index (χ2n) is 5.50. The van der Waals surface area contributed by atoms with Gasteiger partial charge in [0.2, 0.25) is 0 Å². The number of aromatic nitrogens is 2. The second kappa shape index (κ2) is 4.72. The van der Waals surface area contributed by atoms with Crippen LogP contribution in [0.3, 0.4) is 0 Å². The minimum absolute atomic E-state index is 0.554. The third kappa shape index (κ3) is 2.01. The lowest BCUT2D eigenvalue weighted by atomic mass is 9.99. The van der Waals surface area contributed by atoms with Crippen LogP contribution in [0.2, 0.25) is 0 Å². The average Bonchev–Trinajstić information content (AvgIpc) is 3.06. The number of nitrogens with one attached hydrogen (secondary N) is 1. The highest BCUT2D eigenvalue weighted by atomic mass is 32.1. The predicted molar refractivity (Wildman–Crippen MR) is 78.7 cm³/mol. The highest BCUT2D eigenvalue weighted by Gasteiger charge is 2.35. The van der Waals surface area contributed by atoms with E-state index >= 15 is 0 Å². The first-order valence-electron chi connectivity index (χ1n) is 7.10. The van der Waals surface area contributed by atoms with Crippen molar-refractivity contribution in [1.29, 1.82) is 0 Å². The Kier molecular flexibility index (Phi) is 2.89. The summed E-state index contributed by atoms with van der Waals surface area (Å²) in [4.78, 5) is 12.5. The smallest absolute Gasteiger partial charge is 0.138 e. The lowest BCUT2D eigenvalue weighted by molar-refractivity contribution is 0.192. The zero-order valence-electron chi connectivity index (χ0n) is 10.9. The maximum atomic E-state index is 4.45. The molecule has 2 aromatic rings. The van der Waals surface area contributed by atoms with Crippen molar-refractivity contribution in [3.8, 4) is 0 Å². The highest BCUT2D eigenvalue weighted by molar-refractivity contribution is 7.16. The molecule has 2 unspecified atom stereocenters. The van der Waals surface area contributed by atoms with Crippen molar-refractivity contribution in [2.45, 2.75) is 37.8 Å². The van der Waals surface area contributed by atoms with Crippen molar-refractivity contribution < 1.29 is 0 Å². The third-order valence-electron chi connectivity index (χ3n) is 4.44. The number of hydrogen-bond donors (Lipinski definition) is 1. The molecular formula is C14H18N4S. The topological polar surface area (TPSA) is 41.1 Å². The van der Waals surface area contributed by atoms with E-state index in [0.29, 0.717) is 12.1 Å². The van der Waals surface area contributed by atoms with Crippen molar-refractivity contribution in [2.75, 3.05) is 18.4 Å². The number of hydrogen-bond acceptors (Lipinski definition) is 5. The molecule has 19 heavy (non-hydrogen) atoms. The van der Waals surface area contributed by atoms with Gasteiger partial charge in [-0.15, -0.1) is 11.3 Å². The van der Waals surface area contributed by atoms with Gasteiger partial charge >= 0.3 is 0 Å². The first-order valence-corrected chi connectivity index (χ1v) is 7.98. The molecule has 5 heteroatoms. The van der Waals surface area contributed by atoms with Crippen molar-refractivity contribution in [2.24, 2.45) is 0 Å². The zero-order chi connectivity index (χ0) is 12.7. The lowest BCUT2D eigenvalue weighted by Crippen LogP contribution is -2.41. The SMILES string of the molecule is c1nc(NC2CCN3CCCCC23)c2ccsc2n1. The van der Waals surface area contributed by atoms with Gasteiger partial charge in [-0.1, -0.05) is 6.42 Å². The van der Waals surface area contributed by atoms with E-state index in [4.69, 9.17) is 0 Å². The van der Waals surface area contributed by atoms with Gasteiger partial charge in [0.15, 0.2) is 0 Å². The van der Waals surface area contributed by atoms with Gasteiger partial charge in [0.25, 0.3) is 0 Å². The summed E-state index contributed by atoms with van der Waals surface area (Å²) in [6.07, 6.45) is 6.98. The Labute approximate surface area is 116 Å². The van der Waals surface area contributed by atoms with E-state index in [1.54, 1.807) is 17.7 Å². The molecule has 4 rings (SSSR count). The number of anilines is 1. The number of nitrogens with zero attached hydrogens (tertiary/aromatic N) is 3. The Morgan fingerprint density at radius 1 is 1.21 bits per heavy atom. The van der Waals surface area contributed by atoms with Crippen molar-refractivity contribution in [3.63, 3.8) is 0 Å². The van der Waals surface area contributed by atoms with Crippen LogP contribution in [-0.2, 0) is 0 Å². The minimum Gasteiger partial charge on any atom is -0.365 e. The summed E-state index contributed by atoms with van der Waals surface area (Å²) in [5, 5.41) is 6.94. The molecule has 0 radical (unpaired) electrons. The van der Waals surface area contributed by atoms with Crippen LogP contribution >= 0.6 is 11.3 Å². The molecule has 0 aliphatic carbocycles. The van der Waals surface area contributed by atoms with Crippen LogP contribution in [0.4, 0.5) is 5.82 Å². The Morgan fingerprint density at radius 2 is 2.21 bits per heavy atom. The van der Waals surface area contributed by atoms with Gasteiger partial charge in [0.1, 0.15) is 17.0 Å². The molecule has 2 aliphatic rings. The van der Waals surface area contributed by atoms with E-state index in [-0.39, 0.29) is 0 Å². The van der Waals surface area contributed by atoms with E-state index in [9.17, 15) is 0 Å². The van der Waals surface area contributed by atoms with Gasteiger partial charge in [0, 0.05) is 18.6 Å². The zero-order valence-corrected chi connectivity index (χ0v) is 11.7. The highest BCUT2D eigenvalue weighted by Crippen LogP contribution is 2.31. The van der Waals surface area contributed by atoms with Crippen LogP contribution in [0.1, 0.15) is 25.7 Å². The predicted octanol–water partition coefficient (Wildman–Crippen LogP) is 2.73. The van der Waals surface area contributed by atoms with Gasteiger partial charge < -0.3 is 5.32 Å². The molecule has 1 N–H and O–H groups in total. The summed E-state index contributed by atoms with van der Waals surface area (Å²) >= 11 is 1.68. The van der Waals surface area contributed by atoms with Crippen LogP contribution in [0.5, 0.6) is 0 Å². The Hall–Kier alpha value is -1.20. The maximum Gasteiger partial charge on any atom is 0.138 e. The molecule has 2 atom stereocenters. The number of thiophene rings is 1. The van der Waals surface area contributed by atoms with Crippen LogP contribution in [0.25, 0.3) is 10.2 Å². The molecule has 0 aromatic carbocycles. The summed E-state index contributed by atoms with van der Waals surface area (Å²) in [7, 11) is 0. The van der Waals surface area contributed by atoms with Crippen molar-refractivity contribution in [3.05, 3.63) is 17.8 Å². The van der Waals surface area contributed by atoms with Crippen LogP contribution in [-0.4, -0.2) is 40.0 Å². The standard InChI is InChI=1S/C14H18N4S/c1-2-6-18-7-4-11(12(18)3-1)17-13-10-5-8-19-14(10)16-9-15-13/h5,8-9,11-12H,1-4,6-7H2,(H,15,16,17). The first kappa shape index (κ1) is 11.6. The van der Waals surface area contributed by atoms with Gasteiger partial charge in [-0.3, -0.25) is 4.90 Å². The van der Waals surface area contributed by atoms with Crippen molar-refractivity contribution >= 4 is 27.4 Å². The number of piperidine rings is 1. The lowest BCUT2D eigenvalue weighted by Gasteiger charge is -2.32. The normalized spacial score (nSPS) is 27.6. The first-order chi connectivity index (χ1) is 9.42. The summed E-state index contributed by atoms with van der Waals surface area (Å²) in [5.41, 5.74) is 0. The van der Waals surface area contributed by atoms with Crippen LogP contribution in [0, 0.1) is 0 Å². The number of fused-ring (bicyclic) bond motifs is 2. The molecule has 2 aromatic heterocycles. The molecule has 2 saturated heterocycles. The number of rotatable bonds is 2. The van der Waals surface area contributed by atoms with E-state index in [1.807, 2.05) is 0 Å². The van der Waals surface area contributed by atoms with Crippen molar-refractivity contribution in [1.82, 2.24) is 14.9 Å². The molecular weight excluding hydrogens is 256 g/mol. The summed E-state index contributed by atoms with van der Waals surface area (Å²) in [6, 6.07) is 3.38. The third-order valence-corrected chi connectivity index (χ3v) is 5.26. The summed E-state index contributed by atoms with van der Waals surface area (Å²) in [6.45, 7) is 2.51. The Bertz CT molecular complexity index is 582. The van der Waals surface area contributed by atoms with Crippen LogP contribution < -0.4 is 5.32 Å². The monoisotopic (exact) mass is 274 g/mol. The van der Waals surface area contributed by atoms with Gasteiger partial charge in [-0.05, 0) is 37.3 Å². The second-order valence-corrected chi connectivity index (χ2v) is 6.39. The molecule has 2 fully saturated rings. The fourth-order valence-electron chi connectivity index (χ4n) is 3.50. The van der Waals surface area contributed by atoms with Gasteiger partial charge in [-0.2, -0.15) is 0 Å². The average molecular weight is 274 g/mol. The largest absolute Gasteiger partial charge is 0.365 e. The molecule has 100 valence electrons. The summed E-state index contributed by atoms with van der Waals surface area (Å²) < 4.78 is 0. The minimum atomic E-state index is 0.554. The molecule has 0 saturated carbocycles. The molecule has 4 heterocycles. The van der Waals surface area contributed by atoms with Gasteiger partial charge in [0.05, 0.1) is 5.39 Å². The van der Waals surface area contributed by atoms with E-state index in [2.05, 4.69) is 31.6 Å². The van der Waals surface area contributed by atoms with E-state index in [0.717, 1.165) is 10.6 Å². The molecule has 0 spiro atoms. The quantitative estimate of drug-likeness (QED) is 0.914. The maximum absolute atomic E-state index is 4.45. The van der Waals surface area contributed by atoms with Crippen LogP contribution in [0.15, 0.2) is 17.8 Å². The Balaban J connectivity index is 1.59. The molecule has 0 bridgehead atoms. The van der Waals surface area contributed by atoms with E-state index in [1.165, 1.54) is 44.2 Å². The van der Waals surface area contributed by atoms with E-state index < -0.39 is 0 Å². The summed E-state index contributed by atoms with van der Waals surface area (Å²) in [5.74, 6) is 1.02. The fourth-order valence-corrected chi connectivity index (χ4v) is 4.23.